The molecule has 22 radical (unpaired) electrons. The average molecular weight is 205 g/mol. The van der Waals surface area contributed by atoms with E-state index in [1.165, 1.54) is 0 Å². The van der Waals surface area contributed by atoms with Crippen LogP contribution < -0.4 is 0 Å². The van der Waals surface area contributed by atoms with E-state index in [-0.39, 0.29) is 0 Å². The van der Waals surface area contributed by atoms with Crippen molar-refractivity contribution in [3.63, 3.8) is 0 Å². The van der Waals surface area contributed by atoms with Crippen LogP contribution in [0.25, 0.3) is 0 Å². The molecule has 0 aliphatic rings. The van der Waals surface area contributed by atoms with Crippen LogP contribution in [0.2, 0.25) is 0 Å². The molecular formula is B19-. The van der Waals surface area contributed by atoms with Crippen LogP contribution in [0.15, 0.2) is 0 Å². The molecule has 0 aromatic carbocycles. The summed E-state index contributed by atoms with van der Waals surface area (Å²) in [6, 6.07) is 0. The lowest BCUT2D eigenvalue weighted by molar-refractivity contribution is 3.40. The fourth-order valence-corrected chi connectivity index (χ4v) is 2.05. The Kier molecular flexibility index (Phi) is 9.90. The topological polar surface area (TPSA) is 0 Å². The number of hydrogen-bond donors (Lipinski definition) is 0. The predicted molar refractivity (Wildman–Crippen MR) is 109 cm³/mol. The summed E-state index contributed by atoms with van der Waals surface area (Å²) in [5.41, 5.74) is 0. The van der Waals surface area contributed by atoms with Gasteiger partial charge in [-0.05, 0) is 116 Å². The Bertz CT molecular complexity index is 206. The molecule has 0 aromatic heterocycles. The summed E-state index contributed by atoms with van der Waals surface area (Å²) < 4.78 is 0. The summed E-state index contributed by atoms with van der Waals surface area (Å²) in [5, 5.41) is 0. The molecule has 0 saturated heterocycles. The summed E-state index contributed by atoms with van der Waals surface area (Å²) in [6.07, 6.45) is -5.56. The lowest BCUT2D eigenvalue weighted by atomic mass is 8.46. The highest BCUT2D eigenvalue weighted by molar-refractivity contribution is 8.12. The van der Waals surface area contributed by atoms with E-state index >= 15 is 0 Å². The van der Waals surface area contributed by atoms with Gasteiger partial charge in [-0.3, -0.25) is 0 Å². The van der Waals surface area contributed by atoms with Crippen molar-refractivity contribution in [1.29, 1.82) is 0 Å². The van der Waals surface area contributed by atoms with Gasteiger partial charge >= 0.3 is 0 Å². The number of hydrogen-bond acceptors (Lipinski definition) is 0. The Morgan fingerprint density at radius 1 is 0.421 bits per heavy atom. The summed E-state index contributed by atoms with van der Waals surface area (Å²) >= 11 is 0. The molecule has 0 aliphatic heterocycles. The first kappa shape index (κ1) is 20.2. The molecular weight excluding hydrogens is 205 g/mol. The summed E-state index contributed by atoms with van der Waals surface area (Å²) in [6.45, 7) is 0. The molecule has 0 aromatic rings. The van der Waals surface area contributed by atoms with Gasteiger partial charge in [0.25, 0.3) is 0 Å². The first-order valence-corrected chi connectivity index (χ1v) is 6.00. The van der Waals surface area contributed by atoms with Crippen LogP contribution in [0.3, 0.4) is 0 Å². The van der Waals surface area contributed by atoms with Gasteiger partial charge in [0, 0.05) is 0 Å². The Labute approximate surface area is 135 Å². The predicted octanol–water partition coefficient (Wildman–Crippen LogP) is -7.24. The van der Waals surface area contributed by atoms with E-state index in [2.05, 4.69) is 0 Å². The van der Waals surface area contributed by atoms with Crippen LogP contribution in [0, 0.1) is 0 Å². The highest BCUT2D eigenvalue weighted by Gasteiger charge is 2.27. The molecule has 0 N–H and O–H groups in total. The van der Waals surface area contributed by atoms with Crippen molar-refractivity contribution < 1.29 is 0 Å². The molecule has 0 aliphatic carbocycles. The molecule has 0 nitrogen and oxygen atoms in total. The van der Waals surface area contributed by atoms with Gasteiger partial charge in [-0.25, -0.2) is 0 Å². The van der Waals surface area contributed by atoms with Gasteiger partial charge in [-0.1, -0.05) is 0 Å². The number of rotatable bonds is 8. The Morgan fingerprint density at radius 2 is 0.737 bits per heavy atom. The van der Waals surface area contributed by atoms with Crippen LogP contribution in [0.5, 0.6) is 0 Å². The zero-order chi connectivity index (χ0) is 15.3. The first-order chi connectivity index (χ1) is 8.59. The van der Waals surface area contributed by atoms with Crippen LogP contribution in [-0.4, -0.2) is 136 Å². The molecule has 0 bridgehead atoms. The Balaban J connectivity index is 5.09. The highest BCUT2D eigenvalue weighted by atomic mass is 13.2. The molecule has 0 fully saturated rings. The second-order valence-corrected chi connectivity index (χ2v) is 4.81. The van der Waals surface area contributed by atoms with E-state index in [0.29, 0.717) is 0 Å². The van der Waals surface area contributed by atoms with E-state index in [9.17, 15) is 0 Å². The van der Waals surface area contributed by atoms with Crippen LogP contribution in [0.4, 0.5) is 0 Å². The van der Waals surface area contributed by atoms with Gasteiger partial charge in [0.05, 0.1) is 0 Å². The fraction of sp³-hybridized carbons (Fsp3) is 0. The third kappa shape index (κ3) is 6.68. The SMILES string of the molecule is [B]B([B])B([B-]B(B([B])[B])B(B([B])[B])B([B])[B])B([B])[B]. The van der Waals surface area contributed by atoms with Gasteiger partial charge in [-0.15, -0.1) is 0 Å². The smallest absolute Gasteiger partial charge is 0.000102 e. The van der Waals surface area contributed by atoms with E-state index in [1.54, 1.807) is 7.06 Å². The van der Waals surface area contributed by atoms with Crippen molar-refractivity contribution >= 4 is 136 Å². The third-order valence-corrected chi connectivity index (χ3v) is 3.11. The van der Waals surface area contributed by atoms with Crippen molar-refractivity contribution in [3.05, 3.63) is 0 Å². The maximum Gasteiger partial charge on any atom is -0.000102 e. The lowest BCUT2D eigenvalue weighted by Crippen LogP contribution is -2.74. The van der Waals surface area contributed by atoms with E-state index in [4.69, 9.17) is 77.4 Å². The molecule has 0 saturated carbocycles. The monoisotopic (exact) mass is 209 g/mol. The minimum Gasteiger partial charge on any atom is -0.441 e. The molecule has 0 heterocycles. The molecule has 0 atom stereocenters. The second kappa shape index (κ2) is 9.29. The zero-order valence-corrected chi connectivity index (χ0v) is 11.0. The van der Waals surface area contributed by atoms with Crippen LogP contribution >= 0.6 is 0 Å². The minimum absolute atomic E-state index is 0.519. The molecule has 58 valence electrons. The highest BCUT2D eigenvalue weighted by Crippen LogP contribution is 1.99. The summed E-state index contributed by atoms with van der Waals surface area (Å²) in [5.74, 6) is 0. The van der Waals surface area contributed by atoms with E-state index in [1.807, 2.05) is 0 Å². The van der Waals surface area contributed by atoms with Gasteiger partial charge in [0.15, 0.2) is 0 Å². The van der Waals surface area contributed by atoms with Crippen LogP contribution in [0.1, 0.15) is 0 Å². The third-order valence-electron chi connectivity index (χ3n) is 3.11. The van der Waals surface area contributed by atoms with Crippen LogP contribution in [-0.2, 0) is 0 Å². The maximum absolute atomic E-state index is 5.72. The maximum atomic E-state index is 5.72. The average Bonchev–Trinajstić information content (AvgIpc) is 2.20. The van der Waals surface area contributed by atoms with Crippen molar-refractivity contribution in [2.75, 3.05) is 0 Å². The van der Waals surface area contributed by atoms with Gasteiger partial charge < -0.3 is 7.06 Å². The standard InChI is InChI=1S/B19/c1-12(2)17(13(3)4)11-18(14(5)6)19(15(7)8)16(9)10/q-1. The summed E-state index contributed by atoms with van der Waals surface area (Å²) in [4.78, 5) is 0. The van der Waals surface area contributed by atoms with Crippen molar-refractivity contribution in [3.8, 4) is 0 Å². The molecule has 0 spiro atoms. The molecule has 0 rings (SSSR count). The normalized spacial score (nSPS) is 9.26. The van der Waals surface area contributed by atoms with Crippen molar-refractivity contribution in [2.24, 2.45) is 0 Å². The Morgan fingerprint density at radius 3 is 0.947 bits per heavy atom. The van der Waals surface area contributed by atoms with Crippen molar-refractivity contribution in [1.82, 2.24) is 0 Å². The van der Waals surface area contributed by atoms with E-state index < -0.39 is 51.1 Å². The Hall–Kier alpha value is 1.23. The lowest BCUT2D eigenvalue weighted by Gasteiger charge is -2.49. The van der Waals surface area contributed by atoms with Gasteiger partial charge in [0.2, 0.25) is 0 Å². The van der Waals surface area contributed by atoms with Gasteiger partial charge in [-0.2, -0.15) is 12.8 Å². The quantitative estimate of drug-likeness (QED) is 0.346. The second-order valence-electron chi connectivity index (χ2n) is 4.81. The fourth-order valence-electron chi connectivity index (χ4n) is 2.05. The first-order valence-electron chi connectivity index (χ1n) is 6.00. The minimum atomic E-state index is -0.806. The summed E-state index contributed by atoms with van der Waals surface area (Å²) in [7, 11) is 58.2. The van der Waals surface area contributed by atoms with E-state index in [0.717, 1.165) is 0 Å². The molecule has 0 amide bonds. The van der Waals surface area contributed by atoms with Gasteiger partial charge in [0.1, 0.15) is 0 Å². The molecule has 19 heavy (non-hydrogen) atoms. The molecule has 19 heteroatoms. The van der Waals surface area contributed by atoms with Crippen molar-refractivity contribution in [2.45, 2.75) is 0 Å². The largest absolute Gasteiger partial charge is 0.441 e. The zero-order valence-electron chi connectivity index (χ0n) is 11.0. The molecule has 0 unspecified atom stereocenters.